The second-order valence-corrected chi connectivity index (χ2v) is 10.7. The zero-order chi connectivity index (χ0) is 24.3. The lowest BCUT2D eigenvalue weighted by atomic mass is 9.96. The Hall–Kier alpha value is -3.59. The zero-order valence-corrected chi connectivity index (χ0v) is 20.6. The molecule has 9 nitrogen and oxygen atoms in total. The fourth-order valence-electron chi connectivity index (χ4n) is 4.66. The van der Waals surface area contributed by atoms with Crippen molar-refractivity contribution in [3.63, 3.8) is 0 Å². The van der Waals surface area contributed by atoms with E-state index in [9.17, 15) is 4.79 Å². The average molecular weight is 471 g/mol. The number of anilines is 2. The lowest BCUT2D eigenvalue weighted by Gasteiger charge is -2.25. The molecule has 180 valence electrons. The van der Waals surface area contributed by atoms with Crippen molar-refractivity contribution in [2.75, 3.05) is 18.9 Å². The van der Waals surface area contributed by atoms with Crippen molar-refractivity contribution in [2.45, 2.75) is 58.0 Å². The van der Waals surface area contributed by atoms with E-state index >= 15 is 0 Å². The molecule has 0 bridgehead atoms. The van der Waals surface area contributed by atoms with Gasteiger partial charge < -0.3 is 10.2 Å². The highest BCUT2D eigenvalue weighted by Crippen LogP contribution is 2.35. The molecular weight excluding hydrogens is 440 g/mol. The molecule has 1 saturated carbocycles. The fourth-order valence-corrected chi connectivity index (χ4v) is 4.66. The Morgan fingerprint density at radius 3 is 2.66 bits per heavy atom. The van der Waals surface area contributed by atoms with Gasteiger partial charge in [0.1, 0.15) is 11.2 Å². The van der Waals surface area contributed by atoms with Gasteiger partial charge in [-0.1, -0.05) is 26.8 Å². The fraction of sp³-hybridized carbons (Fsp3) is 0.423. The lowest BCUT2D eigenvalue weighted by molar-refractivity contribution is 0.313. The van der Waals surface area contributed by atoms with Gasteiger partial charge in [0.15, 0.2) is 11.5 Å². The van der Waals surface area contributed by atoms with E-state index in [4.69, 9.17) is 9.97 Å². The Kier molecular flexibility index (Phi) is 5.00. The van der Waals surface area contributed by atoms with E-state index in [1.165, 1.54) is 11.1 Å². The van der Waals surface area contributed by atoms with Gasteiger partial charge in [0, 0.05) is 42.7 Å². The summed E-state index contributed by atoms with van der Waals surface area (Å²) in [4.78, 5) is 34.2. The Morgan fingerprint density at radius 2 is 1.89 bits per heavy atom. The molecule has 4 heterocycles. The van der Waals surface area contributed by atoms with E-state index < -0.39 is 0 Å². The van der Waals surface area contributed by atoms with E-state index in [0.717, 1.165) is 43.9 Å². The third kappa shape index (κ3) is 3.99. The van der Waals surface area contributed by atoms with Gasteiger partial charge in [0.2, 0.25) is 5.95 Å². The molecule has 35 heavy (non-hydrogen) atoms. The van der Waals surface area contributed by atoms with Crippen LogP contribution in [0.25, 0.3) is 16.9 Å². The molecule has 0 saturated heterocycles. The Bertz CT molecular complexity index is 1490. The minimum atomic E-state index is -0.216. The third-order valence-corrected chi connectivity index (χ3v) is 6.71. The first kappa shape index (κ1) is 21.9. The lowest BCUT2D eigenvalue weighted by Crippen LogP contribution is -2.26. The Labute approximate surface area is 203 Å². The molecule has 1 aromatic carbocycles. The van der Waals surface area contributed by atoms with Crippen LogP contribution < -0.4 is 10.9 Å². The maximum Gasteiger partial charge on any atom is 0.278 e. The first-order valence-corrected chi connectivity index (χ1v) is 12.2. The average Bonchev–Trinajstić information content (AvgIpc) is 3.62. The van der Waals surface area contributed by atoms with Crippen molar-refractivity contribution in [1.29, 1.82) is 0 Å². The summed E-state index contributed by atoms with van der Waals surface area (Å²) in [5.41, 5.74) is 3.91. The van der Waals surface area contributed by atoms with Crippen LogP contribution in [0.2, 0.25) is 0 Å². The van der Waals surface area contributed by atoms with Crippen LogP contribution in [-0.4, -0.2) is 47.8 Å². The second kappa shape index (κ2) is 7.98. The van der Waals surface area contributed by atoms with Crippen molar-refractivity contribution in [1.82, 2.24) is 34.2 Å². The third-order valence-electron chi connectivity index (χ3n) is 6.71. The topological polar surface area (TPSA) is 93.8 Å². The Balaban J connectivity index is 1.44. The predicted molar refractivity (Wildman–Crippen MR) is 135 cm³/mol. The summed E-state index contributed by atoms with van der Waals surface area (Å²) >= 11 is 0. The zero-order valence-electron chi connectivity index (χ0n) is 20.6. The van der Waals surface area contributed by atoms with E-state index in [1.54, 1.807) is 17.1 Å². The number of aromatic nitrogens is 6. The van der Waals surface area contributed by atoms with Gasteiger partial charge in [0.05, 0.1) is 6.04 Å². The number of hydrogen-bond acceptors (Lipinski definition) is 7. The number of nitrogens with one attached hydrogen (secondary N) is 1. The van der Waals surface area contributed by atoms with Crippen LogP contribution in [0.3, 0.4) is 0 Å². The summed E-state index contributed by atoms with van der Waals surface area (Å²) in [5, 5.41) is 3.84. The van der Waals surface area contributed by atoms with Crippen LogP contribution in [0, 0.1) is 0 Å². The van der Waals surface area contributed by atoms with Crippen LogP contribution in [-0.2, 0) is 18.4 Å². The smallest absolute Gasteiger partial charge is 0.278 e. The normalized spacial score (nSPS) is 16.5. The number of hydrogen-bond donors (Lipinski definition) is 1. The van der Waals surface area contributed by atoms with Crippen molar-refractivity contribution in [3.8, 4) is 5.82 Å². The highest BCUT2D eigenvalue weighted by atomic mass is 16.1. The van der Waals surface area contributed by atoms with E-state index in [2.05, 4.69) is 66.2 Å². The molecule has 0 atom stereocenters. The first-order chi connectivity index (χ1) is 16.8. The monoisotopic (exact) mass is 470 g/mol. The minimum Gasteiger partial charge on any atom is -0.324 e. The second-order valence-electron chi connectivity index (χ2n) is 10.7. The summed E-state index contributed by atoms with van der Waals surface area (Å²) in [6.45, 7) is 8.25. The number of rotatable bonds is 4. The number of likely N-dealkylation sites (N-methyl/N-ethyl adjacent to an activating group) is 1. The molecule has 0 amide bonds. The SMILES string of the molecule is CN1CCc2cc(Nc3ncc4c(=O)n(C5CC5)n(-c5ccnc(C(C)(C)C)n5)c4n3)ccc2C1. The van der Waals surface area contributed by atoms with Gasteiger partial charge in [-0.05, 0) is 49.6 Å². The van der Waals surface area contributed by atoms with Crippen LogP contribution >= 0.6 is 0 Å². The van der Waals surface area contributed by atoms with Gasteiger partial charge in [-0.2, -0.15) is 4.98 Å². The Morgan fingerprint density at radius 1 is 1.06 bits per heavy atom. The number of fused-ring (bicyclic) bond motifs is 2. The van der Waals surface area contributed by atoms with Gasteiger partial charge in [-0.3, -0.25) is 4.79 Å². The molecule has 1 fully saturated rings. The van der Waals surface area contributed by atoms with Gasteiger partial charge >= 0.3 is 0 Å². The van der Waals surface area contributed by atoms with Crippen LogP contribution in [0.5, 0.6) is 0 Å². The maximum absolute atomic E-state index is 13.3. The molecule has 1 N–H and O–H groups in total. The quantitative estimate of drug-likeness (QED) is 0.486. The van der Waals surface area contributed by atoms with Crippen LogP contribution in [0.1, 0.15) is 56.6 Å². The molecule has 0 unspecified atom stereocenters. The summed E-state index contributed by atoms with van der Waals surface area (Å²) in [7, 11) is 2.15. The minimum absolute atomic E-state index is 0.0807. The van der Waals surface area contributed by atoms with Gasteiger partial charge in [-0.15, -0.1) is 0 Å². The molecule has 4 aromatic rings. The number of nitrogens with zero attached hydrogens (tertiary/aromatic N) is 7. The summed E-state index contributed by atoms with van der Waals surface area (Å²) in [5.74, 6) is 1.82. The molecular formula is C26H30N8O. The highest BCUT2D eigenvalue weighted by Gasteiger charge is 2.31. The largest absolute Gasteiger partial charge is 0.324 e. The van der Waals surface area contributed by atoms with Crippen molar-refractivity contribution in [3.05, 3.63) is 64.0 Å². The van der Waals surface area contributed by atoms with E-state index in [1.807, 2.05) is 10.7 Å². The summed E-state index contributed by atoms with van der Waals surface area (Å²) in [6, 6.07) is 8.40. The molecule has 2 aliphatic rings. The molecule has 0 radical (unpaired) electrons. The summed E-state index contributed by atoms with van der Waals surface area (Å²) in [6.07, 6.45) is 6.34. The van der Waals surface area contributed by atoms with Crippen molar-refractivity contribution < 1.29 is 0 Å². The van der Waals surface area contributed by atoms with E-state index in [-0.39, 0.29) is 17.0 Å². The van der Waals surface area contributed by atoms with Crippen molar-refractivity contribution >= 4 is 22.7 Å². The van der Waals surface area contributed by atoms with Crippen LogP contribution in [0.15, 0.2) is 41.5 Å². The molecule has 6 rings (SSSR count). The van der Waals surface area contributed by atoms with Gasteiger partial charge in [0.25, 0.3) is 5.56 Å². The molecule has 0 spiro atoms. The van der Waals surface area contributed by atoms with E-state index in [0.29, 0.717) is 22.8 Å². The first-order valence-electron chi connectivity index (χ1n) is 12.2. The predicted octanol–water partition coefficient (Wildman–Crippen LogP) is 3.74. The van der Waals surface area contributed by atoms with Gasteiger partial charge in [-0.25, -0.2) is 24.3 Å². The molecule has 3 aromatic heterocycles. The maximum atomic E-state index is 13.3. The highest BCUT2D eigenvalue weighted by molar-refractivity contribution is 5.77. The molecule has 1 aliphatic heterocycles. The standard InChI is InChI=1S/C26H30N8O/c1-26(2,3)24-27-11-9-21(30-24)34-22-20(23(35)33(34)19-7-8-19)14-28-25(31-22)29-18-6-5-17-15-32(4)12-10-16(17)13-18/h5-6,9,11,13-14,19H,7-8,10,12,15H2,1-4H3,(H,28,29,31). The molecule has 9 heteroatoms. The number of benzene rings is 1. The van der Waals surface area contributed by atoms with Crippen molar-refractivity contribution in [2.24, 2.45) is 0 Å². The summed E-state index contributed by atoms with van der Waals surface area (Å²) < 4.78 is 3.63. The molecule has 1 aliphatic carbocycles. The van der Waals surface area contributed by atoms with Crippen LogP contribution in [0.4, 0.5) is 11.6 Å².